The first-order valence-corrected chi connectivity index (χ1v) is 5.25. The number of rotatable bonds is 5. The number of benzene rings is 1. The van der Waals surface area contributed by atoms with Crippen molar-refractivity contribution in [3.8, 4) is 0 Å². The average Bonchev–Trinajstić information content (AvgIpc) is 2.28. The van der Waals surface area contributed by atoms with Crippen LogP contribution < -0.4 is 0 Å². The van der Waals surface area contributed by atoms with Gasteiger partial charge in [0, 0.05) is 20.1 Å². The lowest BCUT2D eigenvalue weighted by Gasteiger charge is -2.10. The van der Waals surface area contributed by atoms with Gasteiger partial charge in [0.2, 0.25) is 0 Å². The van der Waals surface area contributed by atoms with E-state index < -0.39 is 28.9 Å². The molecule has 0 bridgehead atoms. The fraction of sp³-hybridized carbons (Fsp3) is 0.417. The third-order valence-corrected chi connectivity index (χ3v) is 2.36. The summed E-state index contributed by atoms with van der Waals surface area (Å²) in [7, 11) is 1.44. The van der Waals surface area contributed by atoms with Crippen molar-refractivity contribution in [1.29, 1.82) is 0 Å². The van der Waals surface area contributed by atoms with E-state index in [-0.39, 0.29) is 6.42 Å². The molecule has 1 aromatic carbocycles. The predicted octanol–water partition coefficient (Wildman–Crippen LogP) is 3.45. The topological polar surface area (TPSA) is 26.3 Å². The van der Waals surface area contributed by atoms with Gasteiger partial charge in [-0.15, -0.1) is 0 Å². The second kappa shape index (κ2) is 5.95. The van der Waals surface area contributed by atoms with Crippen LogP contribution in [0, 0.1) is 5.82 Å². The van der Waals surface area contributed by atoms with E-state index in [2.05, 4.69) is 0 Å². The first-order chi connectivity index (χ1) is 8.38. The number of Topliss-reactive ketones (excluding diaryl/α,β-unsaturated/α-hetero) is 1. The summed E-state index contributed by atoms with van der Waals surface area (Å²) in [6, 6.07) is 2.69. The Bertz CT molecular complexity index is 427. The Balaban J connectivity index is 2.93. The third kappa shape index (κ3) is 3.53. The normalized spacial score (nSPS) is 11.6. The molecular formula is C12H12F4O2. The van der Waals surface area contributed by atoms with Crippen LogP contribution >= 0.6 is 0 Å². The first kappa shape index (κ1) is 14.6. The fourth-order valence-corrected chi connectivity index (χ4v) is 1.48. The smallest absolute Gasteiger partial charge is 0.385 e. The van der Waals surface area contributed by atoms with Gasteiger partial charge in [-0.1, -0.05) is 6.07 Å². The molecule has 0 amide bonds. The number of hydrogen-bond donors (Lipinski definition) is 0. The molecule has 0 unspecified atom stereocenters. The number of carbonyl (C=O) groups excluding carboxylic acids is 1. The number of ketones is 1. The zero-order valence-corrected chi connectivity index (χ0v) is 9.68. The second-order valence-corrected chi connectivity index (χ2v) is 3.68. The summed E-state index contributed by atoms with van der Waals surface area (Å²) < 4.78 is 55.5. The second-order valence-electron chi connectivity index (χ2n) is 3.68. The first-order valence-electron chi connectivity index (χ1n) is 5.25. The Morgan fingerprint density at radius 2 is 2.00 bits per heavy atom. The molecule has 18 heavy (non-hydrogen) atoms. The van der Waals surface area contributed by atoms with Crippen molar-refractivity contribution in [1.82, 2.24) is 0 Å². The highest BCUT2D eigenvalue weighted by molar-refractivity contribution is 5.96. The molecule has 0 N–H and O–H groups in total. The predicted molar refractivity (Wildman–Crippen MR) is 56.8 cm³/mol. The van der Waals surface area contributed by atoms with Crippen LogP contribution in [0.2, 0.25) is 0 Å². The molecule has 0 saturated heterocycles. The van der Waals surface area contributed by atoms with Crippen LogP contribution in [-0.2, 0) is 10.9 Å². The van der Waals surface area contributed by atoms with Crippen LogP contribution in [0.15, 0.2) is 18.2 Å². The summed E-state index contributed by atoms with van der Waals surface area (Å²) in [5, 5.41) is 0. The Morgan fingerprint density at radius 3 is 2.56 bits per heavy atom. The molecule has 0 aliphatic carbocycles. The van der Waals surface area contributed by atoms with E-state index in [1.807, 2.05) is 0 Å². The SMILES string of the molecule is COCCCC(=O)c1cccc(C(F)(F)F)c1F. The van der Waals surface area contributed by atoms with E-state index in [0.29, 0.717) is 19.1 Å². The van der Waals surface area contributed by atoms with E-state index in [1.165, 1.54) is 7.11 Å². The minimum atomic E-state index is -4.80. The molecule has 6 heteroatoms. The van der Waals surface area contributed by atoms with Crippen LogP contribution in [0.1, 0.15) is 28.8 Å². The molecule has 0 atom stereocenters. The van der Waals surface area contributed by atoms with E-state index in [4.69, 9.17) is 4.74 Å². The Labute approximate surface area is 102 Å². The van der Waals surface area contributed by atoms with Gasteiger partial charge in [0.15, 0.2) is 5.78 Å². The maximum atomic E-state index is 13.6. The molecule has 0 aromatic heterocycles. The Hall–Kier alpha value is -1.43. The molecule has 0 aliphatic rings. The van der Waals surface area contributed by atoms with Crippen LogP contribution in [0.4, 0.5) is 17.6 Å². The quantitative estimate of drug-likeness (QED) is 0.462. The lowest BCUT2D eigenvalue weighted by atomic mass is 10.0. The summed E-state index contributed by atoms with van der Waals surface area (Å²) in [5.41, 5.74) is -1.94. The molecule has 0 aliphatic heterocycles. The standard InChI is InChI=1S/C12H12F4O2/c1-18-7-3-6-10(17)8-4-2-5-9(11(8)13)12(14,15)16/h2,4-5H,3,6-7H2,1H3. The molecule has 0 fully saturated rings. The number of methoxy groups -OCH3 is 1. The zero-order chi connectivity index (χ0) is 13.8. The van der Waals surface area contributed by atoms with Crippen molar-refractivity contribution < 1.29 is 27.1 Å². The van der Waals surface area contributed by atoms with Crippen LogP contribution in [0.5, 0.6) is 0 Å². The van der Waals surface area contributed by atoms with E-state index in [0.717, 1.165) is 12.1 Å². The number of ether oxygens (including phenoxy) is 1. The van der Waals surface area contributed by atoms with Gasteiger partial charge in [-0.2, -0.15) is 13.2 Å². The van der Waals surface area contributed by atoms with Gasteiger partial charge in [0.25, 0.3) is 0 Å². The third-order valence-electron chi connectivity index (χ3n) is 2.36. The minimum Gasteiger partial charge on any atom is -0.385 e. The monoisotopic (exact) mass is 264 g/mol. The minimum absolute atomic E-state index is 0.0495. The lowest BCUT2D eigenvalue weighted by molar-refractivity contribution is -0.140. The summed E-state index contributed by atoms with van der Waals surface area (Å²) in [4.78, 5) is 11.6. The van der Waals surface area contributed by atoms with Crippen LogP contribution in [0.25, 0.3) is 0 Å². The molecule has 0 spiro atoms. The molecule has 2 nitrogen and oxygen atoms in total. The van der Waals surface area contributed by atoms with Gasteiger partial charge < -0.3 is 4.74 Å². The summed E-state index contributed by atoms with van der Waals surface area (Å²) in [6.07, 6.45) is -4.51. The van der Waals surface area contributed by atoms with Crippen molar-refractivity contribution in [2.45, 2.75) is 19.0 Å². The van der Waals surface area contributed by atoms with E-state index >= 15 is 0 Å². The van der Waals surface area contributed by atoms with Crippen molar-refractivity contribution in [3.05, 3.63) is 35.1 Å². The highest BCUT2D eigenvalue weighted by Gasteiger charge is 2.35. The number of alkyl halides is 3. The van der Waals surface area contributed by atoms with Crippen LogP contribution in [-0.4, -0.2) is 19.5 Å². The maximum absolute atomic E-state index is 13.6. The van der Waals surface area contributed by atoms with E-state index in [1.54, 1.807) is 0 Å². The van der Waals surface area contributed by atoms with Crippen molar-refractivity contribution in [3.63, 3.8) is 0 Å². The lowest BCUT2D eigenvalue weighted by Crippen LogP contribution is -2.12. The van der Waals surface area contributed by atoms with Crippen molar-refractivity contribution in [2.75, 3.05) is 13.7 Å². The van der Waals surface area contributed by atoms with E-state index in [9.17, 15) is 22.4 Å². The Morgan fingerprint density at radius 1 is 1.33 bits per heavy atom. The molecule has 0 radical (unpaired) electrons. The van der Waals surface area contributed by atoms with Crippen molar-refractivity contribution >= 4 is 5.78 Å². The number of hydrogen-bond acceptors (Lipinski definition) is 2. The molecule has 0 heterocycles. The van der Waals surface area contributed by atoms with Crippen LogP contribution in [0.3, 0.4) is 0 Å². The largest absolute Gasteiger partial charge is 0.419 e. The molecule has 0 saturated carbocycles. The van der Waals surface area contributed by atoms with Gasteiger partial charge >= 0.3 is 6.18 Å². The van der Waals surface area contributed by atoms with Gasteiger partial charge in [0.1, 0.15) is 5.82 Å². The van der Waals surface area contributed by atoms with Gasteiger partial charge in [-0.05, 0) is 18.6 Å². The highest BCUT2D eigenvalue weighted by Crippen LogP contribution is 2.32. The summed E-state index contributed by atoms with van der Waals surface area (Å²) in [6.45, 7) is 0.298. The molecule has 1 rings (SSSR count). The molecule has 1 aromatic rings. The van der Waals surface area contributed by atoms with Gasteiger partial charge in [0.05, 0.1) is 11.1 Å². The molecule has 100 valence electrons. The van der Waals surface area contributed by atoms with Gasteiger partial charge in [-0.3, -0.25) is 4.79 Å². The maximum Gasteiger partial charge on any atom is 0.419 e. The van der Waals surface area contributed by atoms with Gasteiger partial charge in [-0.25, -0.2) is 4.39 Å². The number of carbonyl (C=O) groups is 1. The summed E-state index contributed by atoms with van der Waals surface area (Å²) in [5.74, 6) is -2.16. The number of halogens is 4. The highest BCUT2D eigenvalue weighted by atomic mass is 19.4. The molecular weight excluding hydrogens is 252 g/mol. The average molecular weight is 264 g/mol. The fourth-order valence-electron chi connectivity index (χ4n) is 1.48. The van der Waals surface area contributed by atoms with Crippen molar-refractivity contribution in [2.24, 2.45) is 0 Å². The summed E-state index contributed by atoms with van der Waals surface area (Å²) >= 11 is 0. The Kier molecular flexibility index (Phi) is 4.84. The zero-order valence-electron chi connectivity index (χ0n) is 9.68.